The maximum atomic E-state index is 12.7. The first-order valence-corrected chi connectivity index (χ1v) is 7.26. The highest BCUT2D eigenvalue weighted by Crippen LogP contribution is 2.29. The fourth-order valence-electron chi connectivity index (χ4n) is 2.66. The van der Waals surface area contributed by atoms with Crippen LogP contribution in [0.4, 0.5) is 19.0 Å². The number of hydrogen-bond donors (Lipinski definition) is 0. The Labute approximate surface area is 126 Å². The molecule has 1 atom stereocenters. The normalized spacial score (nSPS) is 20.0. The van der Waals surface area contributed by atoms with Crippen molar-refractivity contribution in [3.8, 4) is 0 Å². The molecular formula is C13H18ClF3N4. The molecule has 1 aromatic heterocycles. The third kappa shape index (κ3) is 3.97. The minimum Gasteiger partial charge on any atom is -0.358 e. The van der Waals surface area contributed by atoms with Crippen molar-refractivity contribution in [2.24, 2.45) is 0 Å². The Kier molecular flexibility index (Phi) is 4.93. The lowest BCUT2D eigenvalue weighted by Gasteiger charge is -2.28. The summed E-state index contributed by atoms with van der Waals surface area (Å²) in [7, 11) is 1.73. The molecule has 0 bridgehead atoms. The van der Waals surface area contributed by atoms with Crippen molar-refractivity contribution in [1.82, 2.24) is 14.9 Å². The molecule has 4 nitrogen and oxygen atoms in total. The molecule has 8 heteroatoms. The van der Waals surface area contributed by atoms with Gasteiger partial charge in [-0.3, -0.25) is 4.90 Å². The Morgan fingerprint density at radius 1 is 1.43 bits per heavy atom. The summed E-state index contributed by atoms with van der Waals surface area (Å²) in [5.74, 6) is -0.999. The van der Waals surface area contributed by atoms with E-state index in [1.807, 2.05) is 0 Å². The maximum absolute atomic E-state index is 12.7. The van der Waals surface area contributed by atoms with Gasteiger partial charge in [0.15, 0.2) is 0 Å². The van der Waals surface area contributed by atoms with Crippen LogP contribution in [0.2, 0.25) is 5.15 Å². The largest absolute Gasteiger partial charge is 0.451 e. The van der Waals surface area contributed by atoms with Crippen LogP contribution in [0.15, 0.2) is 6.07 Å². The molecule has 1 aliphatic rings. The number of alkyl halides is 3. The molecule has 2 heterocycles. The van der Waals surface area contributed by atoms with Crippen molar-refractivity contribution in [2.45, 2.75) is 32.0 Å². The van der Waals surface area contributed by atoms with Gasteiger partial charge in [0.05, 0.1) is 0 Å². The van der Waals surface area contributed by atoms with Gasteiger partial charge in [-0.05, 0) is 25.9 Å². The van der Waals surface area contributed by atoms with E-state index in [0.717, 1.165) is 25.9 Å². The first-order valence-electron chi connectivity index (χ1n) is 6.88. The lowest BCUT2D eigenvalue weighted by molar-refractivity contribution is -0.144. The van der Waals surface area contributed by atoms with E-state index in [9.17, 15) is 13.2 Å². The zero-order chi connectivity index (χ0) is 15.6. The number of likely N-dealkylation sites (N-methyl/N-ethyl adjacent to an activating group) is 2. The second-order valence-electron chi connectivity index (χ2n) is 5.18. The first kappa shape index (κ1) is 16.3. The Balaban J connectivity index is 2.15. The minimum atomic E-state index is -4.59. The van der Waals surface area contributed by atoms with Crippen LogP contribution in [0, 0.1) is 0 Å². The second-order valence-corrected chi connectivity index (χ2v) is 5.56. The van der Waals surface area contributed by atoms with Crippen LogP contribution >= 0.6 is 11.6 Å². The van der Waals surface area contributed by atoms with Gasteiger partial charge >= 0.3 is 6.18 Å². The molecule has 118 valence electrons. The molecule has 1 fully saturated rings. The molecule has 0 aromatic carbocycles. The number of nitrogens with zero attached hydrogens (tertiary/aromatic N) is 4. The molecular weight excluding hydrogens is 305 g/mol. The van der Waals surface area contributed by atoms with Crippen molar-refractivity contribution in [1.29, 1.82) is 0 Å². The van der Waals surface area contributed by atoms with Gasteiger partial charge in [-0.25, -0.2) is 9.97 Å². The Morgan fingerprint density at radius 2 is 2.14 bits per heavy atom. The zero-order valence-electron chi connectivity index (χ0n) is 12.0. The van der Waals surface area contributed by atoms with Gasteiger partial charge in [-0.1, -0.05) is 18.5 Å². The average Bonchev–Trinajstić information content (AvgIpc) is 2.84. The molecule has 0 radical (unpaired) electrons. The molecule has 2 rings (SSSR count). The standard InChI is InChI=1S/C13H18ClF3N4/c1-3-21-6-4-5-9(21)8-20(2)11-7-10(14)18-12(19-11)13(15,16)17/h7,9H,3-6,8H2,1-2H3. The summed E-state index contributed by atoms with van der Waals surface area (Å²) in [6.07, 6.45) is -2.43. The van der Waals surface area contributed by atoms with E-state index in [2.05, 4.69) is 21.8 Å². The van der Waals surface area contributed by atoms with Gasteiger partial charge < -0.3 is 4.90 Å². The predicted octanol–water partition coefficient (Wildman–Crippen LogP) is 3.07. The fraction of sp³-hybridized carbons (Fsp3) is 0.692. The Hall–Kier alpha value is -1.08. The van der Waals surface area contributed by atoms with Gasteiger partial charge in [-0.15, -0.1) is 0 Å². The minimum absolute atomic E-state index is 0.196. The van der Waals surface area contributed by atoms with Crippen molar-refractivity contribution in [2.75, 3.05) is 31.6 Å². The summed E-state index contributed by atoms with van der Waals surface area (Å²) >= 11 is 5.68. The lowest BCUT2D eigenvalue weighted by atomic mass is 10.2. The van der Waals surface area contributed by atoms with E-state index in [4.69, 9.17) is 11.6 Å². The molecule has 0 spiro atoms. The summed E-state index contributed by atoms with van der Waals surface area (Å²) in [6.45, 7) is 4.68. The smallest absolute Gasteiger partial charge is 0.358 e. The molecule has 0 aliphatic carbocycles. The molecule has 0 saturated carbocycles. The van der Waals surface area contributed by atoms with Crippen LogP contribution in [0.3, 0.4) is 0 Å². The fourth-order valence-corrected chi connectivity index (χ4v) is 2.83. The number of likely N-dealkylation sites (tertiary alicyclic amines) is 1. The SMILES string of the molecule is CCN1CCCC1CN(C)c1cc(Cl)nc(C(F)(F)F)n1. The lowest BCUT2D eigenvalue weighted by Crippen LogP contribution is -2.39. The second kappa shape index (κ2) is 6.36. The highest BCUT2D eigenvalue weighted by molar-refractivity contribution is 6.29. The van der Waals surface area contributed by atoms with Crippen molar-refractivity contribution in [3.63, 3.8) is 0 Å². The van der Waals surface area contributed by atoms with Crippen molar-refractivity contribution in [3.05, 3.63) is 17.0 Å². The van der Waals surface area contributed by atoms with Crippen LogP contribution in [-0.4, -0.2) is 47.6 Å². The monoisotopic (exact) mass is 322 g/mol. The van der Waals surface area contributed by atoms with Crippen molar-refractivity contribution >= 4 is 17.4 Å². The van der Waals surface area contributed by atoms with E-state index in [1.54, 1.807) is 11.9 Å². The summed E-state index contributed by atoms with van der Waals surface area (Å²) in [6, 6.07) is 1.70. The van der Waals surface area contributed by atoms with E-state index >= 15 is 0 Å². The number of rotatable bonds is 4. The number of halogens is 4. The van der Waals surface area contributed by atoms with Gasteiger partial charge in [0, 0.05) is 25.7 Å². The molecule has 1 unspecified atom stereocenters. The molecule has 0 N–H and O–H groups in total. The van der Waals surface area contributed by atoms with Gasteiger partial charge in [0.25, 0.3) is 0 Å². The van der Waals surface area contributed by atoms with Crippen molar-refractivity contribution < 1.29 is 13.2 Å². The summed E-state index contributed by atoms with van der Waals surface area (Å²) in [5, 5.41) is -0.196. The van der Waals surface area contributed by atoms with E-state index in [1.165, 1.54) is 6.07 Å². The molecule has 1 aromatic rings. The summed E-state index contributed by atoms with van der Waals surface area (Å²) in [5.41, 5.74) is 0. The van der Waals surface area contributed by atoms with Crippen LogP contribution in [-0.2, 0) is 6.18 Å². The van der Waals surface area contributed by atoms with E-state index in [0.29, 0.717) is 12.6 Å². The van der Waals surface area contributed by atoms with Crippen LogP contribution in [0.1, 0.15) is 25.6 Å². The van der Waals surface area contributed by atoms with E-state index < -0.39 is 12.0 Å². The first-order chi connectivity index (χ1) is 9.81. The highest BCUT2D eigenvalue weighted by Gasteiger charge is 2.36. The molecule has 1 aliphatic heterocycles. The third-order valence-electron chi connectivity index (χ3n) is 3.72. The van der Waals surface area contributed by atoms with Crippen LogP contribution in [0.5, 0.6) is 0 Å². The third-order valence-corrected chi connectivity index (χ3v) is 3.91. The Bertz CT molecular complexity index is 495. The average molecular weight is 323 g/mol. The van der Waals surface area contributed by atoms with Gasteiger partial charge in [0.2, 0.25) is 5.82 Å². The number of hydrogen-bond acceptors (Lipinski definition) is 4. The number of anilines is 1. The molecule has 21 heavy (non-hydrogen) atoms. The predicted molar refractivity (Wildman–Crippen MR) is 75.6 cm³/mol. The van der Waals surface area contributed by atoms with Crippen LogP contribution < -0.4 is 4.90 Å². The Morgan fingerprint density at radius 3 is 2.76 bits per heavy atom. The zero-order valence-corrected chi connectivity index (χ0v) is 12.7. The summed E-state index contributed by atoms with van der Waals surface area (Å²) < 4.78 is 38.2. The van der Waals surface area contributed by atoms with Gasteiger partial charge in [-0.2, -0.15) is 13.2 Å². The van der Waals surface area contributed by atoms with Gasteiger partial charge in [0.1, 0.15) is 11.0 Å². The maximum Gasteiger partial charge on any atom is 0.451 e. The van der Waals surface area contributed by atoms with Crippen LogP contribution in [0.25, 0.3) is 0 Å². The highest BCUT2D eigenvalue weighted by atomic mass is 35.5. The molecule has 0 amide bonds. The topological polar surface area (TPSA) is 32.3 Å². The number of aromatic nitrogens is 2. The van der Waals surface area contributed by atoms with E-state index in [-0.39, 0.29) is 11.0 Å². The molecule has 1 saturated heterocycles. The summed E-state index contributed by atoms with van der Waals surface area (Å²) in [4.78, 5) is 10.9. The quantitative estimate of drug-likeness (QED) is 0.798.